The Kier molecular flexibility index (Phi) is 7.18. The van der Waals surface area contributed by atoms with Crippen LogP contribution in [0, 0.1) is 5.92 Å². The molecule has 1 aromatic carbocycles. The number of amides is 1. The van der Waals surface area contributed by atoms with Crippen molar-refractivity contribution in [3.8, 4) is 5.75 Å². The molecule has 0 spiro atoms. The average Bonchev–Trinajstić information content (AvgIpc) is 2.93. The van der Waals surface area contributed by atoms with Gasteiger partial charge in [0.05, 0.1) is 6.10 Å². The number of ether oxygens (including phenoxy) is 2. The third-order valence-corrected chi connectivity index (χ3v) is 4.32. The van der Waals surface area contributed by atoms with E-state index in [9.17, 15) is 4.79 Å². The van der Waals surface area contributed by atoms with Gasteiger partial charge in [0.2, 0.25) is 0 Å². The summed E-state index contributed by atoms with van der Waals surface area (Å²) in [6.07, 6.45) is 0.828. The quantitative estimate of drug-likeness (QED) is 0.788. The van der Waals surface area contributed by atoms with Crippen LogP contribution in [0.3, 0.4) is 0 Å². The van der Waals surface area contributed by atoms with Gasteiger partial charge in [0, 0.05) is 30.2 Å². The van der Waals surface area contributed by atoms with E-state index in [4.69, 9.17) is 21.1 Å². The van der Waals surface area contributed by atoms with E-state index in [2.05, 4.69) is 10.2 Å². The van der Waals surface area contributed by atoms with Crippen molar-refractivity contribution >= 4 is 17.7 Å². The molecule has 0 saturated carbocycles. The highest BCUT2D eigenvalue weighted by atomic mass is 35.5. The summed E-state index contributed by atoms with van der Waals surface area (Å²) in [5, 5.41) is 3.60. The second-order valence-corrected chi connectivity index (χ2v) is 8.63. The van der Waals surface area contributed by atoms with Gasteiger partial charge in [0.1, 0.15) is 11.4 Å². The van der Waals surface area contributed by atoms with Gasteiger partial charge in [-0.1, -0.05) is 11.6 Å². The first-order chi connectivity index (χ1) is 12.1. The Balaban J connectivity index is 1.86. The van der Waals surface area contributed by atoms with Crippen LogP contribution in [0.1, 0.15) is 46.6 Å². The molecule has 2 rings (SSSR count). The topological polar surface area (TPSA) is 50.8 Å². The Morgan fingerprint density at radius 3 is 2.77 bits per heavy atom. The number of likely N-dealkylation sites (tertiary alicyclic amines) is 1. The molecule has 0 aliphatic carbocycles. The number of carbonyl (C=O) groups is 1. The Labute approximate surface area is 162 Å². The minimum absolute atomic E-state index is 0.124. The number of halogens is 1. The van der Waals surface area contributed by atoms with Gasteiger partial charge >= 0.3 is 6.09 Å². The monoisotopic (exact) mass is 382 g/mol. The second-order valence-electron chi connectivity index (χ2n) is 8.19. The number of nitrogens with zero attached hydrogens (tertiary/aromatic N) is 1. The van der Waals surface area contributed by atoms with Crippen molar-refractivity contribution in [2.24, 2.45) is 5.92 Å². The number of benzene rings is 1. The molecule has 1 atom stereocenters. The van der Waals surface area contributed by atoms with Crippen molar-refractivity contribution in [1.82, 2.24) is 10.2 Å². The maximum atomic E-state index is 11.8. The Hall–Kier alpha value is -1.46. The van der Waals surface area contributed by atoms with Crippen LogP contribution < -0.4 is 10.1 Å². The third-order valence-electron chi connectivity index (χ3n) is 4.08. The van der Waals surface area contributed by atoms with Crippen LogP contribution in [0.5, 0.6) is 5.75 Å². The van der Waals surface area contributed by atoms with Crippen molar-refractivity contribution in [1.29, 1.82) is 0 Å². The van der Waals surface area contributed by atoms with Crippen LogP contribution in [-0.4, -0.2) is 42.3 Å². The fraction of sp³-hybridized carbons (Fsp3) is 0.650. The van der Waals surface area contributed by atoms with Gasteiger partial charge in [-0.3, -0.25) is 4.90 Å². The van der Waals surface area contributed by atoms with Crippen molar-refractivity contribution in [3.05, 3.63) is 28.8 Å². The molecular weight excluding hydrogens is 352 g/mol. The van der Waals surface area contributed by atoms with Gasteiger partial charge in [-0.15, -0.1) is 0 Å². The van der Waals surface area contributed by atoms with Crippen molar-refractivity contribution in [3.63, 3.8) is 0 Å². The van der Waals surface area contributed by atoms with Gasteiger partial charge in [-0.2, -0.15) is 0 Å². The van der Waals surface area contributed by atoms with Crippen LogP contribution in [-0.2, 0) is 11.3 Å². The highest BCUT2D eigenvalue weighted by Crippen LogP contribution is 2.27. The van der Waals surface area contributed by atoms with E-state index < -0.39 is 5.60 Å². The van der Waals surface area contributed by atoms with E-state index in [1.165, 1.54) is 0 Å². The number of hydrogen-bond acceptors (Lipinski definition) is 4. The highest BCUT2D eigenvalue weighted by molar-refractivity contribution is 6.30. The van der Waals surface area contributed by atoms with Crippen molar-refractivity contribution < 1.29 is 14.3 Å². The van der Waals surface area contributed by atoms with Crippen LogP contribution in [0.15, 0.2) is 18.2 Å². The number of nitrogens with one attached hydrogen (secondary N) is 1. The lowest BCUT2D eigenvalue weighted by Gasteiger charge is -2.21. The highest BCUT2D eigenvalue weighted by Gasteiger charge is 2.25. The molecule has 1 aliphatic rings. The molecule has 6 heteroatoms. The normalized spacial score (nSPS) is 18.2. The zero-order valence-electron chi connectivity index (χ0n) is 16.5. The van der Waals surface area contributed by atoms with Crippen LogP contribution in [0.4, 0.5) is 4.79 Å². The van der Waals surface area contributed by atoms with Gasteiger partial charge in [0.15, 0.2) is 0 Å². The molecular formula is C20H31ClN2O3. The Bertz CT molecular complexity index is 614. The SMILES string of the molecule is CC(C)Oc1ccc(Cl)cc1CN1CC[C@@H](CNC(=O)OC(C)(C)C)C1. The Morgan fingerprint density at radius 1 is 1.38 bits per heavy atom. The molecule has 5 nitrogen and oxygen atoms in total. The van der Waals surface area contributed by atoms with Gasteiger partial charge in [0.25, 0.3) is 0 Å². The molecule has 0 aromatic heterocycles. The fourth-order valence-electron chi connectivity index (χ4n) is 3.05. The zero-order valence-corrected chi connectivity index (χ0v) is 17.2. The summed E-state index contributed by atoms with van der Waals surface area (Å²) in [6, 6.07) is 5.78. The van der Waals surface area contributed by atoms with E-state index >= 15 is 0 Å². The van der Waals surface area contributed by atoms with Crippen LogP contribution in [0.25, 0.3) is 0 Å². The molecule has 1 fully saturated rings. The molecule has 1 amide bonds. The average molecular weight is 383 g/mol. The maximum absolute atomic E-state index is 11.8. The van der Waals surface area contributed by atoms with Crippen LogP contribution >= 0.6 is 11.6 Å². The smallest absolute Gasteiger partial charge is 0.407 e. The molecule has 26 heavy (non-hydrogen) atoms. The van der Waals surface area contributed by atoms with Crippen LogP contribution in [0.2, 0.25) is 5.02 Å². The third kappa shape index (κ3) is 7.04. The summed E-state index contributed by atoms with van der Waals surface area (Å²) in [4.78, 5) is 14.2. The van der Waals surface area contributed by atoms with Gasteiger partial charge < -0.3 is 14.8 Å². The van der Waals surface area contributed by atoms with Gasteiger partial charge in [-0.05, 0) is 71.7 Å². The number of carbonyl (C=O) groups excluding carboxylic acids is 1. The van der Waals surface area contributed by atoms with E-state index in [-0.39, 0.29) is 12.2 Å². The fourth-order valence-corrected chi connectivity index (χ4v) is 3.24. The summed E-state index contributed by atoms with van der Waals surface area (Å²) in [5.41, 5.74) is 0.637. The number of hydrogen-bond donors (Lipinski definition) is 1. The molecule has 0 radical (unpaired) electrons. The predicted octanol–water partition coefficient (Wildman–Crippen LogP) is 4.47. The van der Waals surface area contributed by atoms with Crippen molar-refractivity contribution in [2.45, 2.75) is 59.3 Å². The molecule has 0 bridgehead atoms. The lowest BCUT2D eigenvalue weighted by Crippen LogP contribution is -2.36. The summed E-state index contributed by atoms with van der Waals surface area (Å²) in [5.74, 6) is 1.32. The summed E-state index contributed by atoms with van der Waals surface area (Å²) < 4.78 is 11.2. The first-order valence-corrected chi connectivity index (χ1v) is 9.64. The Morgan fingerprint density at radius 2 is 2.12 bits per heavy atom. The predicted molar refractivity (Wildman–Crippen MR) is 105 cm³/mol. The minimum atomic E-state index is -0.467. The van der Waals surface area contributed by atoms with Crippen molar-refractivity contribution in [2.75, 3.05) is 19.6 Å². The molecule has 1 N–H and O–H groups in total. The number of alkyl carbamates (subject to hydrolysis) is 1. The minimum Gasteiger partial charge on any atom is -0.491 e. The van der Waals surface area contributed by atoms with E-state index in [1.54, 1.807) is 0 Å². The second kappa shape index (κ2) is 8.96. The summed E-state index contributed by atoms with van der Waals surface area (Å²) in [7, 11) is 0. The zero-order chi connectivity index (χ0) is 19.3. The molecule has 1 saturated heterocycles. The lowest BCUT2D eigenvalue weighted by atomic mass is 10.1. The maximum Gasteiger partial charge on any atom is 0.407 e. The first kappa shape index (κ1) is 20.8. The van der Waals surface area contributed by atoms with Gasteiger partial charge in [-0.25, -0.2) is 4.79 Å². The van der Waals surface area contributed by atoms with E-state index in [0.29, 0.717) is 12.5 Å². The summed E-state index contributed by atoms with van der Waals surface area (Å²) >= 11 is 6.17. The standard InChI is InChI=1S/C20H31ClN2O3/c1-14(2)25-18-7-6-17(21)10-16(18)13-23-9-8-15(12-23)11-22-19(24)26-20(3,4)5/h6-7,10,14-15H,8-9,11-13H2,1-5H3,(H,22,24)/t15-/m0/s1. The molecule has 0 unspecified atom stereocenters. The molecule has 1 heterocycles. The van der Waals surface area contributed by atoms with E-state index in [0.717, 1.165) is 42.4 Å². The largest absolute Gasteiger partial charge is 0.491 e. The summed E-state index contributed by atoms with van der Waals surface area (Å²) in [6.45, 7) is 13.0. The lowest BCUT2D eigenvalue weighted by molar-refractivity contribution is 0.0519. The molecule has 1 aliphatic heterocycles. The molecule has 146 valence electrons. The first-order valence-electron chi connectivity index (χ1n) is 9.26. The van der Waals surface area contributed by atoms with E-state index in [1.807, 2.05) is 52.8 Å². The number of rotatable bonds is 6. The molecule has 1 aromatic rings.